The minimum Gasteiger partial charge on any atom is -0.508 e. The van der Waals surface area contributed by atoms with E-state index >= 15 is 0 Å². The number of anilines is 2. The third-order valence-electron chi connectivity index (χ3n) is 3.96. The maximum Gasteiger partial charge on any atom is 0.247 e. The van der Waals surface area contributed by atoms with Crippen molar-refractivity contribution in [3.63, 3.8) is 0 Å². The standard InChI is InChI=1S/C19H14FN5O/c1-11-7-17-18(9-14(11)15-8-13(26)4-5-16(15)20)24-25-19(23-17)22-12-3-2-6-21-10-12/h2-10,26H,1H3,(H,22,23,25). The van der Waals surface area contributed by atoms with Crippen molar-refractivity contribution in [1.82, 2.24) is 20.2 Å². The van der Waals surface area contributed by atoms with Crippen molar-refractivity contribution in [3.8, 4) is 16.9 Å². The highest BCUT2D eigenvalue weighted by atomic mass is 19.1. The van der Waals surface area contributed by atoms with Crippen molar-refractivity contribution in [1.29, 1.82) is 0 Å². The molecule has 0 bridgehead atoms. The van der Waals surface area contributed by atoms with Crippen LogP contribution in [0.3, 0.4) is 0 Å². The SMILES string of the molecule is Cc1cc2nc(Nc3cccnc3)nnc2cc1-c1cc(O)ccc1F. The summed E-state index contributed by atoms with van der Waals surface area (Å²) in [4.78, 5) is 8.47. The van der Waals surface area contributed by atoms with Gasteiger partial charge in [-0.1, -0.05) is 0 Å². The van der Waals surface area contributed by atoms with Gasteiger partial charge in [-0.05, 0) is 60.5 Å². The minimum absolute atomic E-state index is 0.00104. The van der Waals surface area contributed by atoms with Crippen LogP contribution in [0.1, 0.15) is 5.56 Å². The Balaban J connectivity index is 1.76. The Morgan fingerprint density at radius 3 is 2.69 bits per heavy atom. The molecule has 0 amide bonds. The van der Waals surface area contributed by atoms with Crippen LogP contribution in [-0.2, 0) is 0 Å². The highest BCUT2D eigenvalue weighted by molar-refractivity contribution is 5.84. The molecule has 26 heavy (non-hydrogen) atoms. The molecule has 2 aromatic carbocycles. The van der Waals surface area contributed by atoms with Crippen LogP contribution in [0.2, 0.25) is 0 Å². The fourth-order valence-corrected chi connectivity index (χ4v) is 2.72. The second kappa shape index (κ2) is 6.36. The Kier molecular flexibility index (Phi) is 3.89. The fourth-order valence-electron chi connectivity index (χ4n) is 2.72. The molecule has 0 radical (unpaired) electrons. The van der Waals surface area contributed by atoms with Crippen LogP contribution in [-0.4, -0.2) is 25.3 Å². The number of aromatic nitrogens is 4. The third kappa shape index (κ3) is 3.02. The Morgan fingerprint density at radius 1 is 1.00 bits per heavy atom. The summed E-state index contributed by atoms with van der Waals surface area (Å²) >= 11 is 0. The molecule has 2 aromatic heterocycles. The number of hydrogen-bond donors (Lipinski definition) is 2. The van der Waals surface area contributed by atoms with E-state index in [0.29, 0.717) is 28.1 Å². The van der Waals surface area contributed by atoms with Gasteiger partial charge in [0.05, 0.1) is 17.4 Å². The summed E-state index contributed by atoms with van der Waals surface area (Å²) in [5, 5.41) is 20.9. The van der Waals surface area contributed by atoms with E-state index in [9.17, 15) is 9.50 Å². The van der Waals surface area contributed by atoms with E-state index < -0.39 is 5.82 Å². The molecular formula is C19H14FN5O. The molecule has 4 aromatic rings. The fraction of sp³-hybridized carbons (Fsp3) is 0.0526. The summed E-state index contributed by atoms with van der Waals surface area (Å²) < 4.78 is 14.2. The zero-order chi connectivity index (χ0) is 18.1. The lowest BCUT2D eigenvalue weighted by molar-refractivity contribution is 0.473. The summed E-state index contributed by atoms with van der Waals surface area (Å²) in [6.45, 7) is 1.86. The van der Waals surface area contributed by atoms with E-state index in [-0.39, 0.29) is 5.75 Å². The number of aryl methyl sites for hydroxylation is 1. The van der Waals surface area contributed by atoms with Crippen LogP contribution >= 0.6 is 0 Å². The quantitative estimate of drug-likeness (QED) is 0.583. The Hall–Kier alpha value is -3.61. The highest BCUT2D eigenvalue weighted by Crippen LogP contribution is 2.31. The molecule has 2 N–H and O–H groups in total. The molecule has 0 aliphatic carbocycles. The van der Waals surface area contributed by atoms with Gasteiger partial charge in [-0.25, -0.2) is 9.37 Å². The normalized spacial score (nSPS) is 10.8. The first kappa shape index (κ1) is 15.9. The van der Waals surface area contributed by atoms with Gasteiger partial charge in [-0.15, -0.1) is 10.2 Å². The average Bonchev–Trinajstić information content (AvgIpc) is 2.64. The summed E-state index contributed by atoms with van der Waals surface area (Å²) in [7, 11) is 0. The van der Waals surface area contributed by atoms with Crippen molar-refractivity contribution in [2.45, 2.75) is 6.92 Å². The number of phenols is 1. The third-order valence-corrected chi connectivity index (χ3v) is 3.96. The summed E-state index contributed by atoms with van der Waals surface area (Å²) in [5.74, 6) is -0.0663. The zero-order valence-electron chi connectivity index (χ0n) is 13.8. The van der Waals surface area contributed by atoms with E-state index in [1.54, 1.807) is 24.5 Å². The number of halogens is 1. The minimum atomic E-state index is -0.416. The van der Waals surface area contributed by atoms with E-state index in [1.165, 1.54) is 18.2 Å². The largest absolute Gasteiger partial charge is 0.508 e. The molecule has 0 saturated carbocycles. The maximum absolute atomic E-state index is 14.2. The van der Waals surface area contributed by atoms with Crippen LogP contribution in [0, 0.1) is 12.7 Å². The molecule has 2 heterocycles. The summed E-state index contributed by atoms with van der Waals surface area (Å²) in [5.41, 5.74) is 3.68. The Bertz CT molecular complexity index is 1100. The van der Waals surface area contributed by atoms with Gasteiger partial charge in [-0.3, -0.25) is 4.98 Å². The molecule has 7 heteroatoms. The van der Waals surface area contributed by atoms with Crippen LogP contribution in [0.15, 0.2) is 54.9 Å². The predicted molar refractivity (Wildman–Crippen MR) is 96.6 cm³/mol. The van der Waals surface area contributed by atoms with E-state index in [0.717, 1.165) is 11.3 Å². The molecule has 0 saturated heterocycles. The Labute approximate surface area is 148 Å². The predicted octanol–water partition coefficient (Wildman–Crippen LogP) is 3.98. The lowest BCUT2D eigenvalue weighted by Crippen LogP contribution is -2.00. The second-order valence-corrected chi connectivity index (χ2v) is 5.82. The van der Waals surface area contributed by atoms with E-state index in [2.05, 4.69) is 25.5 Å². The van der Waals surface area contributed by atoms with Gasteiger partial charge in [0, 0.05) is 11.8 Å². The van der Waals surface area contributed by atoms with Crippen LogP contribution in [0.5, 0.6) is 5.75 Å². The molecule has 4 rings (SSSR count). The molecule has 0 aliphatic heterocycles. The first-order valence-corrected chi connectivity index (χ1v) is 7.91. The topological polar surface area (TPSA) is 83.8 Å². The van der Waals surface area contributed by atoms with Crippen molar-refractivity contribution in [2.24, 2.45) is 0 Å². The van der Waals surface area contributed by atoms with Gasteiger partial charge in [0.15, 0.2) is 0 Å². The lowest BCUT2D eigenvalue weighted by Gasteiger charge is -2.10. The number of aromatic hydroxyl groups is 1. The summed E-state index contributed by atoms with van der Waals surface area (Å²) in [6.07, 6.45) is 3.34. The zero-order valence-corrected chi connectivity index (χ0v) is 13.8. The van der Waals surface area contributed by atoms with Crippen molar-refractivity contribution >= 4 is 22.7 Å². The lowest BCUT2D eigenvalue weighted by atomic mass is 9.99. The van der Waals surface area contributed by atoms with Crippen molar-refractivity contribution < 1.29 is 9.50 Å². The molecule has 0 atom stereocenters. The number of nitrogens with zero attached hydrogens (tertiary/aromatic N) is 4. The smallest absolute Gasteiger partial charge is 0.247 e. The molecule has 0 fully saturated rings. The molecular weight excluding hydrogens is 333 g/mol. The first-order valence-electron chi connectivity index (χ1n) is 7.91. The number of rotatable bonds is 3. The Morgan fingerprint density at radius 2 is 1.88 bits per heavy atom. The highest BCUT2D eigenvalue weighted by Gasteiger charge is 2.12. The van der Waals surface area contributed by atoms with Gasteiger partial charge in [0.1, 0.15) is 17.1 Å². The van der Waals surface area contributed by atoms with Crippen molar-refractivity contribution in [3.05, 3.63) is 66.2 Å². The number of pyridine rings is 1. The van der Waals surface area contributed by atoms with Crippen LogP contribution in [0.4, 0.5) is 16.0 Å². The molecule has 0 spiro atoms. The van der Waals surface area contributed by atoms with Gasteiger partial charge >= 0.3 is 0 Å². The molecule has 128 valence electrons. The van der Waals surface area contributed by atoms with Gasteiger partial charge in [0.25, 0.3) is 0 Å². The van der Waals surface area contributed by atoms with Crippen LogP contribution in [0.25, 0.3) is 22.2 Å². The average molecular weight is 347 g/mol. The number of fused-ring (bicyclic) bond motifs is 1. The number of nitrogens with one attached hydrogen (secondary N) is 1. The van der Waals surface area contributed by atoms with Gasteiger partial charge in [0.2, 0.25) is 5.95 Å². The molecule has 6 nitrogen and oxygen atoms in total. The van der Waals surface area contributed by atoms with E-state index in [1.807, 2.05) is 19.1 Å². The number of hydrogen-bond acceptors (Lipinski definition) is 6. The summed E-state index contributed by atoms with van der Waals surface area (Å²) in [6, 6.07) is 11.1. The maximum atomic E-state index is 14.2. The van der Waals surface area contributed by atoms with Crippen molar-refractivity contribution in [2.75, 3.05) is 5.32 Å². The van der Waals surface area contributed by atoms with Gasteiger partial charge < -0.3 is 10.4 Å². The monoisotopic (exact) mass is 347 g/mol. The number of benzene rings is 2. The second-order valence-electron chi connectivity index (χ2n) is 5.82. The molecule has 0 aliphatic rings. The van der Waals surface area contributed by atoms with Crippen LogP contribution < -0.4 is 5.32 Å². The van der Waals surface area contributed by atoms with E-state index in [4.69, 9.17) is 0 Å². The first-order chi connectivity index (χ1) is 12.6. The van der Waals surface area contributed by atoms with Gasteiger partial charge in [-0.2, -0.15) is 0 Å². The molecule has 0 unspecified atom stereocenters. The number of phenolic OH excluding ortho intramolecular Hbond substituents is 1.